The Morgan fingerprint density at radius 2 is 1.71 bits per heavy atom. The van der Waals surface area contributed by atoms with Crippen LogP contribution >= 0.6 is 15.9 Å². The van der Waals surface area contributed by atoms with Crippen molar-refractivity contribution in [3.05, 3.63) is 52.4 Å². The zero-order chi connectivity index (χ0) is 14.6. The van der Waals surface area contributed by atoms with Gasteiger partial charge in [0.25, 0.3) is 0 Å². The molecular weight excluding hydrogens is 332 g/mol. The Hall–Kier alpha value is -2.27. The first-order chi connectivity index (χ1) is 10.2. The van der Waals surface area contributed by atoms with Gasteiger partial charge in [0, 0.05) is 32.6 Å². The monoisotopic (exact) mass is 340 g/mol. The predicted molar refractivity (Wildman–Crippen MR) is 82.7 cm³/mol. The van der Waals surface area contributed by atoms with Crippen molar-refractivity contribution < 1.29 is 9.53 Å². The van der Waals surface area contributed by atoms with E-state index in [0.717, 1.165) is 26.5 Å². The van der Waals surface area contributed by atoms with Crippen molar-refractivity contribution >= 4 is 32.5 Å². The highest BCUT2D eigenvalue weighted by Crippen LogP contribution is 2.42. The molecule has 1 aromatic carbocycles. The molecule has 0 N–H and O–H groups in total. The average Bonchev–Trinajstić information content (AvgIpc) is 2.53. The van der Waals surface area contributed by atoms with Gasteiger partial charge in [0.1, 0.15) is 11.4 Å². The van der Waals surface area contributed by atoms with E-state index in [0.29, 0.717) is 17.0 Å². The number of aromatic nitrogens is 2. The molecule has 4 rings (SSSR count). The summed E-state index contributed by atoms with van der Waals surface area (Å²) in [5, 5.41) is 1.57. The van der Waals surface area contributed by atoms with Crippen molar-refractivity contribution in [2.45, 2.75) is 0 Å². The minimum Gasteiger partial charge on any atom is -0.494 e. The number of fused-ring (bicyclic) bond motifs is 2. The van der Waals surface area contributed by atoms with Crippen LogP contribution in [0.1, 0.15) is 16.1 Å². The maximum atomic E-state index is 12.7. The van der Waals surface area contributed by atoms with Crippen LogP contribution in [0.25, 0.3) is 22.0 Å². The fourth-order valence-corrected chi connectivity index (χ4v) is 3.25. The Bertz CT molecular complexity index is 922. The lowest BCUT2D eigenvalue weighted by atomic mass is 9.88. The quantitative estimate of drug-likeness (QED) is 0.531. The number of nitrogens with zero attached hydrogens (tertiary/aromatic N) is 2. The van der Waals surface area contributed by atoms with Gasteiger partial charge in [0.05, 0.1) is 19.0 Å². The summed E-state index contributed by atoms with van der Waals surface area (Å²) in [6, 6.07) is 7.47. The summed E-state index contributed by atoms with van der Waals surface area (Å²) in [4.78, 5) is 21.4. The molecule has 2 aromatic heterocycles. The summed E-state index contributed by atoms with van der Waals surface area (Å²) < 4.78 is 6.16. The van der Waals surface area contributed by atoms with Gasteiger partial charge in [-0.1, -0.05) is 24.3 Å². The van der Waals surface area contributed by atoms with Gasteiger partial charge in [-0.25, -0.2) is 4.98 Å². The normalized spacial score (nSPS) is 12.4. The number of ketones is 1. The van der Waals surface area contributed by atoms with Crippen molar-refractivity contribution in [2.75, 3.05) is 7.11 Å². The number of hydrogen-bond donors (Lipinski definition) is 0. The number of pyridine rings is 2. The number of hydrogen-bond acceptors (Lipinski definition) is 4. The van der Waals surface area contributed by atoms with E-state index >= 15 is 0 Å². The average molecular weight is 341 g/mol. The zero-order valence-electron chi connectivity index (χ0n) is 11.1. The molecule has 0 aliphatic heterocycles. The number of rotatable bonds is 1. The van der Waals surface area contributed by atoms with Gasteiger partial charge >= 0.3 is 0 Å². The van der Waals surface area contributed by atoms with Gasteiger partial charge in [-0.05, 0) is 15.9 Å². The lowest BCUT2D eigenvalue weighted by Gasteiger charge is -2.19. The van der Waals surface area contributed by atoms with Crippen molar-refractivity contribution in [1.29, 1.82) is 0 Å². The first-order valence-electron chi connectivity index (χ1n) is 6.37. The predicted octanol–water partition coefficient (Wildman–Crippen LogP) is 3.61. The van der Waals surface area contributed by atoms with Crippen LogP contribution in [0, 0.1) is 0 Å². The summed E-state index contributed by atoms with van der Waals surface area (Å²) in [7, 11) is 1.59. The van der Waals surface area contributed by atoms with Crippen molar-refractivity contribution in [3.8, 4) is 17.0 Å². The lowest BCUT2D eigenvalue weighted by Crippen LogP contribution is -2.13. The maximum Gasteiger partial charge on any atom is 0.212 e. The smallest absolute Gasteiger partial charge is 0.212 e. The van der Waals surface area contributed by atoms with Crippen LogP contribution in [-0.4, -0.2) is 22.9 Å². The molecule has 0 radical (unpaired) electrons. The van der Waals surface area contributed by atoms with Crippen molar-refractivity contribution in [2.24, 2.45) is 0 Å². The first-order valence-corrected chi connectivity index (χ1v) is 7.17. The fraction of sp³-hybridized carbons (Fsp3) is 0.0625. The van der Waals surface area contributed by atoms with E-state index in [1.54, 1.807) is 19.5 Å². The molecule has 0 saturated carbocycles. The van der Waals surface area contributed by atoms with E-state index in [1.165, 1.54) is 0 Å². The number of halogens is 1. The second-order valence-corrected chi connectivity index (χ2v) is 5.61. The standard InChI is InChI=1S/C16H9BrN2O2/c1-21-11-7-19-15-13-12(11)10(17)6-18-14(13)8-4-2-3-5-9(8)16(15)20/h2-7H,1H3. The molecule has 5 heteroatoms. The van der Waals surface area contributed by atoms with E-state index in [-0.39, 0.29) is 5.78 Å². The molecule has 0 unspecified atom stereocenters. The summed E-state index contributed by atoms with van der Waals surface area (Å²) in [5.74, 6) is 0.544. The Morgan fingerprint density at radius 1 is 1.00 bits per heavy atom. The van der Waals surface area contributed by atoms with E-state index in [4.69, 9.17) is 4.74 Å². The summed E-state index contributed by atoms with van der Waals surface area (Å²) in [6.45, 7) is 0. The fourth-order valence-electron chi connectivity index (χ4n) is 2.76. The van der Waals surface area contributed by atoms with Crippen LogP contribution in [0.15, 0.2) is 41.1 Å². The Morgan fingerprint density at radius 3 is 2.48 bits per heavy atom. The van der Waals surface area contributed by atoms with Crippen molar-refractivity contribution in [3.63, 3.8) is 0 Å². The minimum atomic E-state index is -0.0781. The van der Waals surface area contributed by atoms with E-state index in [9.17, 15) is 4.79 Å². The van der Waals surface area contributed by atoms with Gasteiger partial charge in [-0.3, -0.25) is 9.78 Å². The number of carbonyl (C=O) groups excluding carboxylic acids is 1. The summed E-state index contributed by atoms with van der Waals surface area (Å²) in [5.41, 5.74) is 2.67. The summed E-state index contributed by atoms with van der Waals surface area (Å²) in [6.07, 6.45) is 3.31. The van der Waals surface area contributed by atoms with E-state index in [2.05, 4.69) is 25.9 Å². The van der Waals surface area contributed by atoms with Crippen LogP contribution in [0.2, 0.25) is 0 Å². The Balaban J connectivity index is 2.26. The second kappa shape index (κ2) is 4.36. The first kappa shape index (κ1) is 12.5. The van der Waals surface area contributed by atoms with Gasteiger partial charge in [-0.2, -0.15) is 0 Å². The SMILES string of the molecule is COc1cnc2c3c(ncc(Br)c13)-c1ccccc1C2=O. The van der Waals surface area contributed by atoms with E-state index in [1.807, 2.05) is 24.3 Å². The Kier molecular flexibility index (Phi) is 2.59. The molecule has 0 atom stereocenters. The molecule has 21 heavy (non-hydrogen) atoms. The third-order valence-electron chi connectivity index (χ3n) is 3.69. The van der Waals surface area contributed by atoms with E-state index < -0.39 is 0 Å². The molecular formula is C16H9BrN2O2. The number of carbonyl (C=O) groups is 1. The molecule has 0 amide bonds. The molecule has 102 valence electrons. The molecule has 0 spiro atoms. The third-order valence-corrected chi connectivity index (χ3v) is 4.29. The highest BCUT2D eigenvalue weighted by molar-refractivity contribution is 9.10. The highest BCUT2D eigenvalue weighted by atomic mass is 79.9. The van der Waals surface area contributed by atoms with Gasteiger partial charge in [0.2, 0.25) is 5.78 Å². The number of methoxy groups -OCH3 is 1. The van der Waals surface area contributed by atoms with Crippen LogP contribution in [0.3, 0.4) is 0 Å². The second-order valence-electron chi connectivity index (χ2n) is 4.75. The molecule has 2 heterocycles. The number of ether oxygens (including phenoxy) is 1. The van der Waals surface area contributed by atoms with Gasteiger partial charge in [0.15, 0.2) is 0 Å². The van der Waals surface area contributed by atoms with Crippen molar-refractivity contribution in [1.82, 2.24) is 9.97 Å². The molecule has 0 bridgehead atoms. The largest absolute Gasteiger partial charge is 0.494 e. The Labute approximate surface area is 128 Å². The topological polar surface area (TPSA) is 52.1 Å². The molecule has 0 fully saturated rings. The molecule has 0 saturated heterocycles. The van der Waals surface area contributed by atoms with Crippen LogP contribution in [0.5, 0.6) is 5.75 Å². The zero-order valence-corrected chi connectivity index (χ0v) is 12.6. The molecule has 3 aromatic rings. The molecule has 1 aliphatic rings. The summed E-state index contributed by atoms with van der Waals surface area (Å²) >= 11 is 3.49. The minimum absolute atomic E-state index is 0.0781. The lowest BCUT2D eigenvalue weighted by molar-refractivity contribution is 0.103. The van der Waals surface area contributed by atoms with Crippen LogP contribution in [-0.2, 0) is 0 Å². The molecule has 4 nitrogen and oxygen atoms in total. The van der Waals surface area contributed by atoms with Gasteiger partial charge < -0.3 is 4.74 Å². The molecule has 1 aliphatic carbocycles. The van der Waals surface area contributed by atoms with Gasteiger partial charge in [-0.15, -0.1) is 0 Å². The van der Waals surface area contributed by atoms with Crippen LogP contribution < -0.4 is 4.74 Å². The maximum absolute atomic E-state index is 12.7. The third kappa shape index (κ3) is 1.58. The van der Waals surface area contributed by atoms with Crippen LogP contribution in [0.4, 0.5) is 0 Å². The number of benzene rings is 1. The highest BCUT2D eigenvalue weighted by Gasteiger charge is 2.29.